The smallest absolute Gasteiger partial charge is 0.239 e. The van der Waals surface area contributed by atoms with Crippen LogP contribution in [0.15, 0.2) is 85.0 Å². The van der Waals surface area contributed by atoms with E-state index in [1.54, 1.807) is 14.2 Å². The number of fused-ring (bicyclic) bond motifs is 2. The summed E-state index contributed by atoms with van der Waals surface area (Å²) in [6.45, 7) is 3.25. The van der Waals surface area contributed by atoms with E-state index in [0.29, 0.717) is 17.7 Å². The lowest BCUT2D eigenvalue weighted by atomic mass is 9.99. The predicted octanol–water partition coefficient (Wildman–Crippen LogP) is 6.29. The summed E-state index contributed by atoms with van der Waals surface area (Å²) in [6.07, 6.45) is 13.6. The Labute approximate surface area is 281 Å². The standard InChI is InChI=1S/C19H23N3O2.C19H21N3O2/c2*1-23-19-17-12-20-18(15-7-9-24-10-8-15)22(17)13-16(21-19)11-14-5-3-2-4-6-14/h2-6,12-13,15,19,21H,7-11H2,1H3;2-6,12-13,15H,7-11H2,1H3. The van der Waals surface area contributed by atoms with Gasteiger partial charge in [-0.3, -0.25) is 4.40 Å². The Morgan fingerprint density at radius 1 is 0.771 bits per heavy atom. The van der Waals surface area contributed by atoms with Gasteiger partial charge in [-0.05, 0) is 36.8 Å². The molecule has 2 saturated heterocycles. The number of hydrogen-bond acceptors (Lipinski definition) is 8. The molecule has 6 heterocycles. The number of methoxy groups -OCH3 is 2. The molecule has 3 aromatic heterocycles. The summed E-state index contributed by atoms with van der Waals surface area (Å²) in [5, 5.41) is 3.48. The number of allylic oxidation sites excluding steroid dienone is 1. The van der Waals surface area contributed by atoms with Gasteiger partial charge in [-0.15, -0.1) is 0 Å². The van der Waals surface area contributed by atoms with E-state index < -0.39 is 0 Å². The summed E-state index contributed by atoms with van der Waals surface area (Å²) in [4.78, 5) is 14.0. The Morgan fingerprint density at radius 3 is 2.00 bits per heavy atom. The van der Waals surface area contributed by atoms with E-state index in [0.717, 1.165) is 99.2 Å². The van der Waals surface area contributed by atoms with Gasteiger partial charge in [0.1, 0.15) is 17.2 Å². The van der Waals surface area contributed by atoms with Crippen molar-refractivity contribution in [2.24, 2.45) is 0 Å². The Hall–Kier alpha value is -4.51. The van der Waals surface area contributed by atoms with Crippen LogP contribution in [0.1, 0.15) is 77.9 Å². The van der Waals surface area contributed by atoms with Crippen LogP contribution in [0, 0.1) is 0 Å². The number of ether oxygens (including phenoxy) is 4. The zero-order chi connectivity index (χ0) is 32.7. The SMILES string of the molecule is COC1NC(Cc2ccccc2)=Cn2c1cnc2C1CCOCC1.COc1nc(Cc2ccccc2)cn2c(C3CCOCC3)ncc12. The van der Waals surface area contributed by atoms with Gasteiger partial charge in [0, 0.05) is 76.3 Å². The van der Waals surface area contributed by atoms with Gasteiger partial charge in [-0.2, -0.15) is 0 Å². The highest BCUT2D eigenvalue weighted by molar-refractivity contribution is 5.56. The van der Waals surface area contributed by atoms with E-state index in [1.165, 1.54) is 11.1 Å². The third-order valence-corrected chi connectivity index (χ3v) is 9.36. The minimum absolute atomic E-state index is 0.158. The number of benzene rings is 2. The summed E-state index contributed by atoms with van der Waals surface area (Å²) < 4.78 is 26.5. The second-order valence-corrected chi connectivity index (χ2v) is 12.5. The minimum Gasteiger partial charge on any atom is -0.479 e. The van der Waals surface area contributed by atoms with Crippen LogP contribution < -0.4 is 10.1 Å². The molecule has 3 aliphatic rings. The Balaban J connectivity index is 0.000000152. The van der Waals surface area contributed by atoms with Gasteiger partial charge in [0.2, 0.25) is 5.88 Å². The van der Waals surface area contributed by atoms with E-state index in [9.17, 15) is 0 Å². The highest BCUT2D eigenvalue weighted by Gasteiger charge is 2.28. The van der Waals surface area contributed by atoms with Crippen LogP contribution in [0.2, 0.25) is 0 Å². The van der Waals surface area contributed by atoms with Crippen LogP contribution in [-0.2, 0) is 27.1 Å². The van der Waals surface area contributed by atoms with Crippen molar-refractivity contribution in [3.05, 3.63) is 119 Å². The zero-order valence-corrected chi connectivity index (χ0v) is 27.8. The molecular weight excluding hydrogens is 604 g/mol. The summed E-state index contributed by atoms with van der Waals surface area (Å²) in [5.74, 6) is 3.73. The molecule has 0 spiro atoms. The van der Waals surface area contributed by atoms with Crippen molar-refractivity contribution in [2.45, 2.75) is 56.6 Å². The molecule has 10 nitrogen and oxygen atoms in total. The van der Waals surface area contributed by atoms with Gasteiger partial charge in [-0.1, -0.05) is 60.7 Å². The number of hydrogen-bond donors (Lipinski definition) is 1. The van der Waals surface area contributed by atoms with Crippen LogP contribution in [0.5, 0.6) is 5.88 Å². The molecule has 0 aliphatic carbocycles. The fourth-order valence-electron chi connectivity index (χ4n) is 6.84. The van der Waals surface area contributed by atoms with Crippen LogP contribution in [0.3, 0.4) is 0 Å². The predicted molar refractivity (Wildman–Crippen MR) is 184 cm³/mol. The molecule has 0 saturated carbocycles. The molecule has 1 N–H and O–H groups in total. The molecule has 48 heavy (non-hydrogen) atoms. The lowest BCUT2D eigenvalue weighted by Gasteiger charge is -2.28. The lowest BCUT2D eigenvalue weighted by molar-refractivity contribution is 0.0731. The number of imidazole rings is 2. The summed E-state index contributed by atoms with van der Waals surface area (Å²) in [5.41, 5.74) is 6.64. The summed E-state index contributed by atoms with van der Waals surface area (Å²) in [6, 6.07) is 20.8. The van der Waals surface area contributed by atoms with Crippen LogP contribution >= 0.6 is 0 Å². The van der Waals surface area contributed by atoms with Crippen molar-refractivity contribution in [3.63, 3.8) is 0 Å². The van der Waals surface area contributed by atoms with Crippen molar-refractivity contribution >= 4 is 11.7 Å². The summed E-state index contributed by atoms with van der Waals surface area (Å²) in [7, 11) is 3.39. The fourth-order valence-corrected chi connectivity index (χ4v) is 6.84. The van der Waals surface area contributed by atoms with Gasteiger partial charge in [0.15, 0.2) is 6.23 Å². The Kier molecular flexibility index (Phi) is 10.1. The highest BCUT2D eigenvalue weighted by atomic mass is 16.5. The monoisotopic (exact) mass is 648 g/mol. The second kappa shape index (κ2) is 15.1. The van der Waals surface area contributed by atoms with Gasteiger partial charge in [0.05, 0.1) is 30.9 Å². The molecule has 1 atom stereocenters. The average molecular weight is 649 g/mol. The Morgan fingerprint density at radius 2 is 1.38 bits per heavy atom. The number of nitrogens with one attached hydrogen (secondary N) is 1. The molecule has 8 rings (SSSR count). The van der Waals surface area contributed by atoms with Gasteiger partial charge >= 0.3 is 0 Å². The fraction of sp³-hybridized carbons (Fsp3) is 0.395. The Bertz CT molecular complexity index is 1810. The third-order valence-electron chi connectivity index (χ3n) is 9.36. The van der Waals surface area contributed by atoms with E-state index in [1.807, 2.05) is 24.5 Å². The van der Waals surface area contributed by atoms with E-state index in [-0.39, 0.29) is 6.23 Å². The molecule has 10 heteroatoms. The van der Waals surface area contributed by atoms with Crippen molar-refractivity contribution in [3.8, 4) is 5.88 Å². The van der Waals surface area contributed by atoms with Crippen molar-refractivity contribution in [1.29, 1.82) is 0 Å². The van der Waals surface area contributed by atoms with E-state index >= 15 is 0 Å². The zero-order valence-electron chi connectivity index (χ0n) is 27.8. The molecule has 1 unspecified atom stereocenters. The second-order valence-electron chi connectivity index (χ2n) is 12.5. The maximum Gasteiger partial charge on any atom is 0.239 e. The molecule has 2 aromatic carbocycles. The topological polar surface area (TPSA) is 97.0 Å². The lowest BCUT2D eigenvalue weighted by Crippen LogP contribution is -2.30. The first-order valence-corrected chi connectivity index (χ1v) is 16.9. The van der Waals surface area contributed by atoms with E-state index in [4.69, 9.17) is 23.9 Å². The van der Waals surface area contributed by atoms with Crippen molar-refractivity contribution < 1.29 is 18.9 Å². The van der Waals surface area contributed by atoms with Gasteiger partial charge < -0.3 is 28.8 Å². The molecule has 250 valence electrons. The number of nitrogens with zero attached hydrogens (tertiary/aromatic N) is 5. The van der Waals surface area contributed by atoms with Gasteiger partial charge in [-0.25, -0.2) is 15.0 Å². The first-order valence-electron chi connectivity index (χ1n) is 16.9. The van der Waals surface area contributed by atoms with E-state index in [2.05, 4.69) is 85.2 Å². The highest BCUT2D eigenvalue weighted by Crippen LogP contribution is 2.32. The average Bonchev–Trinajstić information content (AvgIpc) is 3.78. The quantitative estimate of drug-likeness (QED) is 0.210. The maximum absolute atomic E-state index is 5.65. The minimum atomic E-state index is -0.158. The maximum atomic E-state index is 5.65. The molecule has 0 amide bonds. The van der Waals surface area contributed by atoms with Crippen LogP contribution in [-0.4, -0.2) is 64.6 Å². The molecular formula is C38H44N6O4. The normalized spacial score (nSPS) is 18.4. The third kappa shape index (κ3) is 7.16. The van der Waals surface area contributed by atoms with Crippen molar-refractivity contribution in [2.75, 3.05) is 40.6 Å². The molecule has 0 bridgehead atoms. The van der Waals surface area contributed by atoms with Crippen LogP contribution in [0.4, 0.5) is 0 Å². The first-order chi connectivity index (χ1) is 23.7. The van der Waals surface area contributed by atoms with Gasteiger partial charge in [0.25, 0.3) is 0 Å². The number of aromatic nitrogens is 5. The summed E-state index contributed by atoms with van der Waals surface area (Å²) >= 11 is 0. The van der Waals surface area contributed by atoms with Crippen LogP contribution in [0.25, 0.3) is 11.7 Å². The molecule has 5 aromatic rings. The molecule has 0 radical (unpaired) electrons. The van der Waals surface area contributed by atoms with Crippen molar-refractivity contribution in [1.82, 2.24) is 29.2 Å². The largest absolute Gasteiger partial charge is 0.479 e. The molecule has 2 fully saturated rings. The molecule has 3 aliphatic heterocycles. The first kappa shape index (κ1) is 32.1. The number of rotatable bonds is 8.